The smallest absolute Gasteiger partial charge is 0.131 e. The summed E-state index contributed by atoms with van der Waals surface area (Å²) in [5.41, 5.74) is 5.98. The van der Waals surface area contributed by atoms with Gasteiger partial charge in [-0.1, -0.05) is 36.6 Å². The standard InChI is InChI=1S/C29H37NO2/c1-5-15-29(32)16-14-26-24-12-8-20-17-22(31)11-13-23(20)27(24)25(18-28(26,29)2)19-6-9-21(10-7-19)30(3)4/h6-7,9-10,17,22,24-26,31-32H,8,11-14,16,18H2,1-4H3/t22-,24-,25+,26-,28-,29-/m0/s1. The molecule has 5 rings (SSSR count). The molecule has 6 atom stereocenters. The van der Waals surface area contributed by atoms with Crippen LogP contribution in [0.4, 0.5) is 5.69 Å². The fourth-order valence-electron chi connectivity index (χ4n) is 7.50. The maximum Gasteiger partial charge on any atom is 0.131 e. The van der Waals surface area contributed by atoms with Gasteiger partial charge in [0.25, 0.3) is 0 Å². The molecule has 1 aromatic carbocycles. The Bertz CT molecular complexity index is 1020. The third-order valence-corrected chi connectivity index (χ3v) is 9.16. The predicted octanol–water partition coefficient (Wildman–Crippen LogP) is 5.20. The van der Waals surface area contributed by atoms with Gasteiger partial charge in [-0.3, -0.25) is 0 Å². The Labute approximate surface area is 193 Å². The maximum absolute atomic E-state index is 11.7. The lowest BCUT2D eigenvalue weighted by Gasteiger charge is -2.54. The summed E-state index contributed by atoms with van der Waals surface area (Å²) < 4.78 is 0. The van der Waals surface area contributed by atoms with Crippen LogP contribution >= 0.6 is 0 Å². The molecule has 3 nitrogen and oxygen atoms in total. The predicted molar refractivity (Wildman–Crippen MR) is 130 cm³/mol. The van der Waals surface area contributed by atoms with Crippen molar-refractivity contribution < 1.29 is 10.2 Å². The average Bonchev–Trinajstić information content (AvgIpc) is 3.03. The van der Waals surface area contributed by atoms with Gasteiger partial charge in [-0.2, -0.15) is 0 Å². The van der Waals surface area contributed by atoms with Gasteiger partial charge in [0.15, 0.2) is 0 Å². The number of allylic oxidation sites excluding steroid dienone is 3. The van der Waals surface area contributed by atoms with Crippen LogP contribution in [-0.2, 0) is 0 Å². The van der Waals surface area contributed by atoms with E-state index in [1.807, 2.05) is 6.92 Å². The van der Waals surface area contributed by atoms with Crippen molar-refractivity contribution in [3.05, 3.63) is 52.6 Å². The Kier molecular flexibility index (Phi) is 5.31. The van der Waals surface area contributed by atoms with E-state index in [0.717, 1.165) is 44.9 Å². The van der Waals surface area contributed by atoms with E-state index < -0.39 is 5.60 Å². The molecule has 2 N–H and O–H groups in total. The molecule has 170 valence electrons. The van der Waals surface area contributed by atoms with E-state index in [9.17, 15) is 10.2 Å². The van der Waals surface area contributed by atoms with E-state index in [4.69, 9.17) is 0 Å². The van der Waals surface area contributed by atoms with Crippen LogP contribution in [0.2, 0.25) is 0 Å². The van der Waals surface area contributed by atoms with E-state index in [-0.39, 0.29) is 11.5 Å². The molecule has 0 saturated heterocycles. The minimum atomic E-state index is -0.899. The van der Waals surface area contributed by atoms with Crippen molar-refractivity contribution in [2.45, 2.75) is 76.4 Å². The SMILES string of the molecule is CC#C[C@]1(O)CC[C@H]2[C@@H]3CCC4=C[C@@H](O)CCC4=C3[C@@H](c3ccc(N(C)C)cc3)C[C@@]21C. The quantitative estimate of drug-likeness (QED) is 0.633. The zero-order valence-corrected chi connectivity index (χ0v) is 20.0. The third-order valence-electron chi connectivity index (χ3n) is 9.16. The number of nitrogens with zero attached hydrogens (tertiary/aromatic N) is 1. The number of hydrogen-bond donors (Lipinski definition) is 2. The number of benzene rings is 1. The molecule has 2 fully saturated rings. The van der Waals surface area contributed by atoms with Crippen molar-refractivity contribution in [1.29, 1.82) is 0 Å². The molecule has 1 aromatic rings. The molecular weight excluding hydrogens is 394 g/mol. The molecule has 4 aliphatic carbocycles. The highest BCUT2D eigenvalue weighted by Crippen LogP contribution is 2.66. The Balaban J connectivity index is 1.66. The fourth-order valence-corrected chi connectivity index (χ4v) is 7.50. The van der Waals surface area contributed by atoms with E-state index in [1.165, 1.54) is 22.4 Å². The Morgan fingerprint density at radius 3 is 2.50 bits per heavy atom. The fraction of sp³-hybridized carbons (Fsp3) is 0.586. The maximum atomic E-state index is 11.7. The first-order valence-electron chi connectivity index (χ1n) is 12.3. The average molecular weight is 432 g/mol. The van der Waals surface area contributed by atoms with Crippen molar-refractivity contribution in [3.63, 3.8) is 0 Å². The van der Waals surface area contributed by atoms with Gasteiger partial charge in [0.2, 0.25) is 0 Å². The molecule has 0 radical (unpaired) electrons. The van der Waals surface area contributed by atoms with Gasteiger partial charge >= 0.3 is 0 Å². The van der Waals surface area contributed by atoms with Gasteiger partial charge in [0, 0.05) is 31.1 Å². The van der Waals surface area contributed by atoms with E-state index >= 15 is 0 Å². The molecule has 4 aliphatic rings. The summed E-state index contributed by atoms with van der Waals surface area (Å²) in [6.45, 7) is 4.17. The van der Waals surface area contributed by atoms with Crippen LogP contribution in [0.25, 0.3) is 0 Å². The summed E-state index contributed by atoms with van der Waals surface area (Å²) in [6.07, 6.45) is 8.58. The molecule has 0 amide bonds. The minimum absolute atomic E-state index is 0.203. The van der Waals surface area contributed by atoms with Crippen molar-refractivity contribution in [2.75, 3.05) is 19.0 Å². The molecule has 32 heavy (non-hydrogen) atoms. The summed E-state index contributed by atoms with van der Waals surface area (Å²) in [5, 5.41) is 22.0. The lowest BCUT2D eigenvalue weighted by molar-refractivity contribution is -0.0514. The Hall–Kier alpha value is -2.02. The first-order chi connectivity index (χ1) is 15.3. The number of anilines is 1. The summed E-state index contributed by atoms with van der Waals surface area (Å²) in [4.78, 5) is 2.14. The van der Waals surface area contributed by atoms with Crippen molar-refractivity contribution in [3.8, 4) is 11.8 Å². The highest BCUT2D eigenvalue weighted by atomic mass is 16.3. The van der Waals surface area contributed by atoms with Crippen LogP contribution in [0.15, 0.2) is 47.1 Å². The second-order valence-corrected chi connectivity index (χ2v) is 10.9. The second kappa shape index (κ2) is 7.79. The zero-order valence-electron chi connectivity index (χ0n) is 20.0. The second-order valence-electron chi connectivity index (χ2n) is 10.9. The number of rotatable bonds is 2. The minimum Gasteiger partial charge on any atom is -0.389 e. The number of hydrogen-bond acceptors (Lipinski definition) is 3. The molecule has 2 saturated carbocycles. The first-order valence-corrected chi connectivity index (χ1v) is 12.3. The van der Waals surface area contributed by atoms with Crippen LogP contribution in [-0.4, -0.2) is 36.0 Å². The monoisotopic (exact) mass is 431 g/mol. The topological polar surface area (TPSA) is 43.7 Å². The van der Waals surface area contributed by atoms with Gasteiger partial charge in [-0.05, 0) is 92.5 Å². The molecule has 0 aromatic heterocycles. The van der Waals surface area contributed by atoms with Crippen LogP contribution in [0, 0.1) is 29.1 Å². The van der Waals surface area contributed by atoms with E-state index in [2.05, 4.69) is 68.1 Å². The van der Waals surface area contributed by atoms with E-state index in [1.54, 1.807) is 5.57 Å². The number of aliphatic hydroxyl groups is 2. The number of aliphatic hydroxyl groups excluding tert-OH is 1. The zero-order chi connectivity index (χ0) is 22.7. The van der Waals surface area contributed by atoms with Crippen molar-refractivity contribution >= 4 is 5.69 Å². The highest BCUT2D eigenvalue weighted by molar-refractivity contribution is 5.52. The lowest BCUT2D eigenvalue weighted by atomic mass is 9.51. The molecule has 0 spiro atoms. The first kappa shape index (κ1) is 21.8. The summed E-state index contributed by atoms with van der Waals surface area (Å²) in [6, 6.07) is 9.04. The Morgan fingerprint density at radius 1 is 1.06 bits per heavy atom. The van der Waals surface area contributed by atoms with Crippen LogP contribution in [0.5, 0.6) is 0 Å². The molecule has 0 unspecified atom stereocenters. The van der Waals surface area contributed by atoms with Crippen LogP contribution in [0.3, 0.4) is 0 Å². The lowest BCUT2D eigenvalue weighted by Crippen LogP contribution is -2.51. The van der Waals surface area contributed by atoms with Crippen LogP contribution < -0.4 is 4.90 Å². The summed E-state index contributed by atoms with van der Waals surface area (Å²) >= 11 is 0. The van der Waals surface area contributed by atoms with Crippen molar-refractivity contribution in [2.24, 2.45) is 17.3 Å². The van der Waals surface area contributed by atoms with Crippen LogP contribution in [0.1, 0.15) is 70.3 Å². The molecule has 0 heterocycles. The van der Waals surface area contributed by atoms with E-state index in [0.29, 0.717) is 17.8 Å². The van der Waals surface area contributed by atoms with Crippen molar-refractivity contribution in [1.82, 2.24) is 0 Å². The summed E-state index contributed by atoms with van der Waals surface area (Å²) in [7, 11) is 4.16. The van der Waals surface area contributed by atoms with Gasteiger partial charge in [-0.15, -0.1) is 5.92 Å². The van der Waals surface area contributed by atoms with Gasteiger partial charge in [0.1, 0.15) is 5.60 Å². The summed E-state index contributed by atoms with van der Waals surface area (Å²) in [5.74, 6) is 7.58. The van der Waals surface area contributed by atoms with Gasteiger partial charge < -0.3 is 15.1 Å². The van der Waals surface area contributed by atoms with Gasteiger partial charge in [0.05, 0.1) is 6.10 Å². The third kappa shape index (κ3) is 3.18. The molecule has 3 heteroatoms. The molecule has 0 bridgehead atoms. The normalized spacial score (nSPS) is 38.1. The molecule has 0 aliphatic heterocycles. The largest absolute Gasteiger partial charge is 0.389 e. The Morgan fingerprint density at radius 2 is 1.81 bits per heavy atom. The highest BCUT2D eigenvalue weighted by Gasteiger charge is 2.62. The van der Waals surface area contributed by atoms with Gasteiger partial charge in [-0.25, -0.2) is 0 Å². The molecular formula is C29H37NO2. The number of fused-ring (bicyclic) bond motifs is 4.